The first-order chi connectivity index (χ1) is 13.3. The van der Waals surface area contributed by atoms with Crippen LogP contribution in [0.3, 0.4) is 0 Å². The van der Waals surface area contributed by atoms with E-state index >= 15 is 0 Å². The number of carbonyl (C=O) groups excluding carboxylic acids is 1. The van der Waals surface area contributed by atoms with Crippen LogP contribution in [0.5, 0.6) is 5.75 Å². The molecule has 0 aliphatic carbocycles. The molecular formula is C18H14ClN3O4S2. The molecule has 4 N–H and O–H groups in total. The molecule has 0 spiro atoms. The molecule has 0 saturated heterocycles. The summed E-state index contributed by atoms with van der Waals surface area (Å²) in [4.78, 5) is 15.0. The van der Waals surface area contributed by atoms with Crippen molar-refractivity contribution in [3.8, 4) is 5.75 Å². The van der Waals surface area contributed by atoms with Crippen LogP contribution in [0.15, 0.2) is 65.7 Å². The Morgan fingerprint density at radius 2 is 1.89 bits per heavy atom. The van der Waals surface area contributed by atoms with Crippen LogP contribution in [0.2, 0.25) is 5.02 Å². The Labute approximate surface area is 171 Å². The summed E-state index contributed by atoms with van der Waals surface area (Å²) in [5, 5.41) is 12.8. The Morgan fingerprint density at radius 1 is 1.11 bits per heavy atom. The number of amides is 1. The molecule has 0 radical (unpaired) electrons. The van der Waals surface area contributed by atoms with Crippen molar-refractivity contribution in [2.45, 2.75) is 4.90 Å². The second kappa shape index (κ2) is 8.01. The zero-order valence-corrected chi connectivity index (χ0v) is 16.5. The van der Waals surface area contributed by atoms with E-state index in [2.05, 4.69) is 15.0 Å². The first-order valence-electron chi connectivity index (χ1n) is 7.87. The number of nitrogens with one attached hydrogen (secondary N) is 3. The van der Waals surface area contributed by atoms with Crippen molar-refractivity contribution in [1.29, 1.82) is 0 Å². The Morgan fingerprint density at radius 3 is 2.61 bits per heavy atom. The Kier molecular flexibility index (Phi) is 5.68. The Balaban J connectivity index is 1.89. The lowest BCUT2D eigenvalue weighted by Crippen LogP contribution is -2.15. The van der Waals surface area contributed by atoms with Crippen LogP contribution in [-0.4, -0.2) is 24.4 Å². The van der Waals surface area contributed by atoms with Crippen LogP contribution in [0.1, 0.15) is 10.4 Å². The minimum absolute atomic E-state index is 0.0720. The summed E-state index contributed by atoms with van der Waals surface area (Å²) in [7, 11) is -3.98. The number of anilines is 2. The van der Waals surface area contributed by atoms with Crippen molar-refractivity contribution in [3.63, 3.8) is 0 Å². The number of phenolic OH excluding ortho intramolecular Hbond substituents is 1. The van der Waals surface area contributed by atoms with Crippen LogP contribution in [0, 0.1) is 4.64 Å². The zero-order chi connectivity index (χ0) is 20.3. The third-order valence-corrected chi connectivity index (χ3v) is 5.62. The van der Waals surface area contributed by atoms with Gasteiger partial charge in [-0.2, -0.15) is 0 Å². The maximum absolute atomic E-state index is 12.6. The van der Waals surface area contributed by atoms with Gasteiger partial charge < -0.3 is 15.4 Å². The largest absolute Gasteiger partial charge is 0.506 e. The normalized spacial score (nSPS) is 11.0. The molecule has 2 aromatic carbocycles. The van der Waals surface area contributed by atoms with Crippen LogP contribution >= 0.6 is 23.8 Å². The van der Waals surface area contributed by atoms with Gasteiger partial charge in [0.1, 0.15) is 10.4 Å². The van der Waals surface area contributed by atoms with Crippen LogP contribution in [0.25, 0.3) is 0 Å². The monoisotopic (exact) mass is 435 g/mol. The third kappa shape index (κ3) is 4.50. The first-order valence-corrected chi connectivity index (χ1v) is 10.1. The summed E-state index contributed by atoms with van der Waals surface area (Å²) in [6, 6.07) is 12.9. The van der Waals surface area contributed by atoms with Gasteiger partial charge in [-0.05, 0) is 48.5 Å². The molecule has 1 amide bonds. The molecule has 7 nitrogen and oxygen atoms in total. The maximum Gasteiger partial charge on any atom is 0.261 e. The van der Waals surface area contributed by atoms with E-state index in [1.54, 1.807) is 30.5 Å². The zero-order valence-electron chi connectivity index (χ0n) is 14.1. The highest BCUT2D eigenvalue weighted by atomic mass is 35.5. The molecule has 144 valence electrons. The molecule has 1 heterocycles. The highest BCUT2D eigenvalue weighted by molar-refractivity contribution is 7.92. The van der Waals surface area contributed by atoms with Crippen LogP contribution in [0.4, 0.5) is 11.4 Å². The molecule has 0 aliphatic heterocycles. The number of aromatic amines is 1. The molecule has 3 aromatic rings. The van der Waals surface area contributed by atoms with Gasteiger partial charge in [-0.3, -0.25) is 9.52 Å². The number of halogens is 1. The van der Waals surface area contributed by atoms with Crippen molar-refractivity contribution >= 4 is 51.1 Å². The fourth-order valence-electron chi connectivity index (χ4n) is 2.34. The second-order valence-electron chi connectivity index (χ2n) is 5.66. The van der Waals surface area contributed by atoms with Gasteiger partial charge in [0.15, 0.2) is 0 Å². The van der Waals surface area contributed by atoms with Gasteiger partial charge in [0.05, 0.1) is 21.8 Å². The lowest BCUT2D eigenvalue weighted by molar-refractivity contribution is 0.102. The van der Waals surface area contributed by atoms with Gasteiger partial charge in [-0.25, -0.2) is 8.42 Å². The number of hydrogen-bond donors (Lipinski definition) is 4. The average Bonchev–Trinajstić information content (AvgIpc) is 2.63. The number of sulfonamides is 1. The van der Waals surface area contributed by atoms with Crippen molar-refractivity contribution in [2.24, 2.45) is 0 Å². The molecule has 3 rings (SSSR count). The number of aromatic hydroxyl groups is 1. The van der Waals surface area contributed by atoms with Crippen LogP contribution < -0.4 is 10.0 Å². The standard InChI is InChI=1S/C18H14ClN3O4S2/c19-11-3-1-4-12(9-11)22-28(25,26)13-6-7-16(23)15(10-13)21-17(24)14-5-2-8-20-18(14)27/h1-10,22-23H,(H,20,27)(H,21,24). The number of phenols is 1. The van der Waals surface area contributed by atoms with Crippen molar-refractivity contribution in [3.05, 3.63) is 76.0 Å². The predicted octanol–water partition coefficient (Wildman–Crippen LogP) is 4.16. The van der Waals surface area contributed by atoms with E-state index in [9.17, 15) is 18.3 Å². The first kappa shape index (κ1) is 19.9. The van der Waals surface area contributed by atoms with Gasteiger partial charge in [0.25, 0.3) is 15.9 Å². The molecule has 0 saturated carbocycles. The number of benzene rings is 2. The topological polar surface area (TPSA) is 111 Å². The summed E-state index contributed by atoms with van der Waals surface area (Å²) in [5.74, 6) is -0.879. The maximum atomic E-state index is 12.6. The predicted molar refractivity (Wildman–Crippen MR) is 110 cm³/mol. The van der Waals surface area contributed by atoms with E-state index in [4.69, 9.17) is 23.8 Å². The Bertz CT molecular complexity index is 1210. The minimum Gasteiger partial charge on any atom is -0.506 e. The summed E-state index contributed by atoms with van der Waals surface area (Å²) in [6.07, 6.45) is 1.57. The quantitative estimate of drug-likeness (QED) is 0.355. The number of pyridine rings is 1. The van der Waals surface area contributed by atoms with Crippen molar-refractivity contribution < 1.29 is 18.3 Å². The molecule has 28 heavy (non-hydrogen) atoms. The number of H-pyrrole nitrogens is 1. The molecule has 0 bridgehead atoms. The second-order valence-corrected chi connectivity index (χ2v) is 8.19. The molecule has 1 aromatic heterocycles. The van der Waals surface area contributed by atoms with Gasteiger partial charge in [-0.1, -0.05) is 29.9 Å². The molecule has 0 aliphatic rings. The molecule has 0 atom stereocenters. The highest BCUT2D eigenvalue weighted by Crippen LogP contribution is 2.28. The fourth-order valence-corrected chi connectivity index (χ4v) is 3.83. The van der Waals surface area contributed by atoms with Crippen molar-refractivity contribution in [2.75, 3.05) is 10.0 Å². The van der Waals surface area contributed by atoms with Gasteiger partial charge in [0.2, 0.25) is 0 Å². The van der Waals surface area contributed by atoms with Crippen LogP contribution in [-0.2, 0) is 10.0 Å². The molecule has 0 fully saturated rings. The lowest BCUT2D eigenvalue weighted by atomic mass is 10.2. The van der Waals surface area contributed by atoms with E-state index in [0.29, 0.717) is 5.02 Å². The number of hydrogen-bond acceptors (Lipinski definition) is 5. The Hall–Kier alpha value is -2.88. The minimum atomic E-state index is -3.98. The molecular weight excluding hydrogens is 422 g/mol. The summed E-state index contributed by atoms with van der Waals surface area (Å²) in [5.41, 5.74) is 0.390. The van der Waals surface area contributed by atoms with Gasteiger partial charge >= 0.3 is 0 Å². The number of rotatable bonds is 5. The number of aromatic nitrogens is 1. The summed E-state index contributed by atoms with van der Waals surface area (Å²) >= 11 is 10.9. The van der Waals surface area contributed by atoms with Gasteiger partial charge in [0, 0.05) is 11.2 Å². The summed E-state index contributed by atoms with van der Waals surface area (Å²) in [6.45, 7) is 0. The lowest BCUT2D eigenvalue weighted by Gasteiger charge is -2.12. The molecule has 10 heteroatoms. The smallest absolute Gasteiger partial charge is 0.261 e. The summed E-state index contributed by atoms with van der Waals surface area (Å²) < 4.78 is 27.8. The SMILES string of the molecule is O=C(Nc1cc(S(=O)(=O)Nc2cccc(Cl)c2)ccc1O)c1ccc[nH]c1=S. The van der Waals surface area contributed by atoms with Crippen molar-refractivity contribution in [1.82, 2.24) is 4.98 Å². The fraction of sp³-hybridized carbons (Fsp3) is 0. The molecule has 0 unspecified atom stereocenters. The number of carbonyl (C=O) groups is 1. The van der Waals surface area contributed by atoms with E-state index in [1.807, 2.05) is 0 Å². The van der Waals surface area contributed by atoms with E-state index in [-0.39, 0.29) is 32.2 Å². The average molecular weight is 436 g/mol. The third-order valence-electron chi connectivity index (χ3n) is 3.67. The van der Waals surface area contributed by atoms with E-state index < -0.39 is 15.9 Å². The highest BCUT2D eigenvalue weighted by Gasteiger charge is 2.18. The van der Waals surface area contributed by atoms with E-state index in [0.717, 1.165) is 6.07 Å². The van der Waals surface area contributed by atoms with E-state index in [1.165, 1.54) is 24.3 Å². The van der Waals surface area contributed by atoms with Gasteiger partial charge in [-0.15, -0.1) is 0 Å².